The van der Waals surface area contributed by atoms with E-state index in [9.17, 15) is 9.59 Å². The number of hydrogen-bond donors (Lipinski definition) is 1. The molecule has 1 fully saturated rings. The Morgan fingerprint density at radius 2 is 1.96 bits per heavy atom. The third kappa shape index (κ3) is 5.46. The highest BCUT2D eigenvalue weighted by Crippen LogP contribution is 2.18. The van der Waals surface area contributed by atoms with Crippen LogP contribution in [0.2, 0.25) is 0 Å². The van der Waals surface area contributed by atoms with E-state index in [1.165, 1.54) is 0 Å². The van der Waals surface area contributed by atoms with Crippen molar-refractivity contribution in [2.24, 2.45) is 5.92 Å². The first-order valence-electron chi connectivity index (χ1n) is 8.70. The van der Waals surface area contributed by atoms with Gasteiger partial charge in [-0.1, -0.05) is 18.2 Å². The normalized spacial score (nSPS) is 15.2. The van der Waals surface area contributed by atoms with Crippen molar-refractivity contribution in [2.45, 2.75) is 12.8 Å². The number of amides is 2. The summed E-state index contributed by atoms with van der Waals surface area (Å²) in [4.78, 5) is 25.8. The van der Waals surface area contributed by atoms with Gasteiger partial charge >= 0.3 is 6.09 Å². The molecule has 5 nitrogen and oxygen atoms in total. The van der Waals surface area contributed by atoms with Crippen LogP contribution in [0.3, 0.4) is 0 Å². The summed E-state index contributed by atoms with van der Waals surface area (Å²) in [6, 6.07) is 11.1. The molecular formula is C20H22N2O3S. The molecule has 0 radical (unpaired) electrons. The van der Waals surface area contributed by atoms with Gasteiger partial charge in [-0.25, -0.2) is 4.79 Å². The minimum absolute atomic E-state index is 0.0814. The van der Waals surface area contributed by atoms with Gasteiger partial charge < -0.3 is 15.0 Å². The minimum atomic E-state index is -0.308. The Morgan fingerprint density at radius 3 is 2.65 bits per heavy atom. The highest BCUT2D eigenvalue weighted by atomic mass is 32.1. The molecule has 2 amide bonds. The second kappa shape index (κ2) is 9.20. The van der Waals surface area contributed by atoms with Crippen LogP contribution in [-0.4, -0.2) is 36.5 Å². The van der Waals surface area contributed by atoms with Crippen LogP contribution in [0.15, 0.2) is 53.2 Å². The van der Waals surface area contributed by atoms with E-state index < -0.39 is 0 Å². The Bertz CT molecular complexity index is 736. The van der Waals surface area contributed by atoms with Crippen LogP contribution in [0.4, 0.5) is 4.79 Å². The number of rotatable bonds is 5. The number of nitrogens with zero attached hydrogens (tertiary/aromatic N) is 1. The molecule has 3 rings (SSSR count). The monoisotopic (exact) mass is 370 g/mol. The lowest BCUT2D eigenvalue weighted by Gasteiger charge is -2.31. The van der Waals surface area contributed by atoms with Crippen molar-refractivity contribution >= 4 is 29.4 Å². The molecule has 0 aliphatic carbocycles. The van der Waals surface area contributed by atoms with Gasteiger partial charge in [-0.3, -0.25) is 4.79 Å². The minimum Gasteiger partial charge on any atom is -0.410 e. The summed E-state index contributed by atoms with van der Waals surface area (Å²) in [5.74, 6) is 0.862. The largest absolute Gasteiger partial charge is 0.415 e. The Morgan fingerprint density at radius 1 is 1.19 bits per heavy atom. The molecule has 0 spiro atoms. The van der Waals surface area contributed by atoms with Crippen LogP contribution in [0.1, 0.15) is 18.4 Å². The van der Waals surface area contributed by atoms with Crippen LogP contribution >= 0.6 is 11.3 Å². The lowest BCUT2D eigenvalue weighted by molar-refractivity contribution is -0.116. The average molecular weight is 370 g/mol. The summed E-state index contributed by atoms with van der Waals surface area (Å²) in [7, 11) is 0. The van der Waals surface area contributed by atoms with Gasteiger partial charge in [-0.05, 0) is 59.4 Å². The summed E-state index contributed by atoms with van der Waals surface area (Å²) in [6.07, 6.45) is 4.79. The van der Waals surface area contributed by atoms with Gasteiger partial charge in [0.05, 0.1) is 0 Å². The van der Waals surface area contributed by atoms with Gasteiger partial charge in [0.25, 0.3) is 0 Å². The molecule has 1 aliphatic rings. The zero-order valence-corrected chi connectivity index (χ0v) is 15.3. The van der Waals surface area contributed by atoms with Crippen molar-refractivity contribution in [1.82, 2.24) is 10.2 Å². The molecule has 1 aliphatic heterocycles. The summed E-state index contributed by atoms with van der Waals surface area (Å²) in [5, 5.41) is 6.92. The van der Waals surface area contributed by atoms with E-state index in [0.29, 0.717) is 31.3 Å². The highest BCUT2D eigenvalue weighted by molar-refractivity contribution is 7.08. The summed E-state index contributed by atoms with van der Waals surface area (Å²) in [6.45, 7) is 1.93. The average Bonchev–Trinajstić information content (AvgIpc) is 3.19. The molecule has 1 aromatic heterocycles. The van der Waals surface area contributed by atoms with Gasteiger partial charge in [0.2, 0.25) is 5.91 Å². The van der Waals surface area contributed by atoms with Crippen molar-refractivity contribution in [3.05, 3.63) is 58.8 Å². The fourth-order valence-electron chi connectivity index (χ4n) is 2.82. The highest BCUT2D eigenvalue weighted by Gasteiger charge is 2.24. The first-order valence-corrected chi connectivity index (χ1v) is 9.65. The van der Waals surface area contributed by atoms with E-state index >= 15 is 0 Å². The number of carbonyl (C=O) groups is 2. The van der Waals surface area contributed by atoms with E-state index in [4.69, 9.17) is 4.74 Å². The third-order valence-electron chi connectivity index (χ3n) is 4.36. The van der Waals surface area contributed by atoms with E-state index in [1.54, 1.807) is 34.4 Å². The van der Waals surface area contributed by atoms with Gasteiger partial charge in [0.1, 0.15) is 5.75 Å². The van der Waals surface area contributed by atoms with Crippen molar-refractivity contribution in [2.75, 3.05) is 19.6 Å². The van der Waals surface area contributed by atoms with Crippen LogP contribution in [0.25, 0.3) is 6.08 Å². The number of ether oxygens (including phenoxy) is 1. The van der Waals surface area contributed by atoms with Gasteiger partial charge in [0, 0.05) is 25.7 Å². The molecule has 0 atom stereocenters. The standard InChI is InChI=1S/C20H22N2O3S/c23-19(7-6-17-10-13-26-15-17)21-14-16-8-11-22(12-9-16)20(24)25-18-4-2-1-3-5-18/h1-7,10,13,15-16H,8-9,11-12,14H2,(H,21,23)/b7-6+. The first-order chi connectivity index (χ1) is 12.7. The molecule has 6 heteroatoms. The second-order valence-electron chi connectivity index (χ2n) is 6.25. The number of carbonyl (C=O) groups excluding carboxylic acids is 2. The number of thiophene rings is 1. The van der Waals surface area contributed by atoms with E-state index in [2.05, 4.69) is 5.32 Å². The fraction of sp³-hybridized carbons (Fsp3) is 0.300. The van der Waals surface area contributed by atoms with Gasteiger partial charge in [-0.15, -0.1) is 0 Å². The number of nitrogens with one attached hydrogen (secondary N) is 1. The topological polar surface area (TPSA) is 58.6 Å². The zero-order valence-electron chi connectivity index (χ0n) is 14.5. The van der Waals surface area contributed by atoms with E-state index in [-0.39, 0.29) is 12.0 Å². The van der Waals surface area contributed by atoms with Crippen LogP contribution in [0, 0.1) is 5.92 Å². The molecule has 0 unspecified atom stereocenters. The maximum Gasteiger partial charge on any atom is 0.415 e. The lowest BCUT2D eigenvalue weighted by atomic mass is 9.97. The molecule has 0 bridgehead atoms. The van der Waals surface area contributed by atoms with Crippen molar-refractivity contribution in [3.63, 3.8) is 0 Å². The van der Waals surface area contributed by atoms with Crippen LogP contribution in [0.5, 0.6) is 5.75 Å². The Balaban J connectivity index is 1.37. The third-order valence-corrected chi connectivity index (χ3v) is 5.06. The van der Waals surface area contributed by atoms with Crippen molar-refractivity contribution < 1.29 is 14.3 Å². The molecular weight excluding hydrogens is 348 g/mol. The maximum absolute atomic E-state index is 12.2. The molecule has 1 saturated heterocycles. The first kappa shape index (κ1) is 18.2. The quantitative estimate of drug-likeness (QED) is 0.815. The zero-order chi connectivity index (χ0) is 18.2. The number of likely N-dealkylation sites (tertiary alicyclic amines) is 1. The summed E-state index contributed by atoms with van der Waals surface area (Å²) >= 11 is 1.60. The number of benzene rings is 1. The number of piperidine rings is 1. The van der Waals surface area contributed by atoms with E-state index in [0.717, 1.165) is 18.4 Å². The number of hydrogen-bond acceptors (Lipinski definition) is 4. The molecule has 1 aromatic carbocycles. The Kier molecular flexibility index (Phi) is 6.44. The summed E-state index contributed by atoms with van der Waals surface area (Å²) in [5.41, 5.74) is 1.04. The van der Waals surface area contributed by atoms with Crippen molar-refractivity contribution in [1.29, 1.82) is 0 Å². The molecule has 0 saturated carbocycles. The lowest BCUT2D eigenvalue weighted by Crippen LogP contribution is -2.42. The molecule has 2 heterocycles. The molecule has 1 N–H and O–H groups in total. The predicted molar refractivity (Wildman–Crippen MR) is 103 cm³/mol. The molecule has 26 heavy (non-hydrogen) atoms. The van der Waals surface area contributed by atoms with Crippen LogP contribution in [-0.2, 0) is 4.79 Å². The Labute approximate surface area is 157 Å². The van der Waals surface area contributed by atoms with Gasteiger partial charge in [-0.2, -0.15) is 11.3 Å². The van der Waals surface area contributed by atoms with Gasteiger partial charge in [0.15, 0.2) is 0 Å². The number of para-hydroxylation sites is 1. The molecule has 136 valence electrons. The SMILES string of the molecule is O=C(/C=C/c1ccsc1)NCC1CCN(C(=O)Oc2ccccc2)CC1. The van der Waals surface area contributed by atoms with Crippen molar-refractivity contribution in [3.8, 4) is 5.75 Å². The molecule has 2 aromatic rings. The fourth-order valence-corrected chi connectivity index (χ4v) is 3.45. The van der Waals surface area contributed by atoms with E-state index in [1.807, 2.05) is 41.1 Å². The smallest absolute Gasteiger partial charge is 0.410 e. The Hall–Kier alpha value is -2.60. The predicted octanol–water partition coefficient (Wildman–Crippen LogP) is 3.79. The van der Waals surface area contributed by atoms with Crippen LogP contribution < -0.4 is 10.1 Å². The maximum atomic E-state index is 12.2. The second-order valence-corrected chi connectivity index (χ2v) is 7.03. The summed E-state index contributed by atoms with van der Waals surface area (Å²) < 4.78 is 5.36.